The SMILES string of the molecule is OC[C@@]1(Cc2ccccc2)CN(CCSc2ccccc2)CC[C@@H]1O. The molecule has 1 aliphatic heterocycles. The van der Waals surface area contributed by atoms with Crippen LogP contribution in [0, 0.1) is 5.41 Å². The average Bonchev–Trinajstić information content (AvgIpc) is 2.66. The lowest BCUT2D eigenvalue weighted by Crippen LogP contribution is -2.55. The second-order valence-electron chi connectivity index (χ2n) is 6.92. The number of aliphatic hydroxyl groups excluding tert-OH is 2. The monoisotopic (exact) mass is 357 g/mol. The van der Waals surface area contributed by atoms with Crippen LogP contribution in [-0.4, -0.2) is 53.2 Å². The second kappa shape index (κ2) is 8.86. The van der Waals surface area contributed by atoms with Gasteiger partial charge in [0.15, 0.2) is 0 Å². The highest BCUT2D eigenvalue weighted by Gasteiger charge is 2.42. The number of hydrogen-bond donors (Lipinski definition) is 2. The van der Waals surface area contributed by atoms with Crippen LogP contribution in [0.25, 0.3) is 0 Å². The Balaban J connectivity index is 1.59. The lowest BCUT2D eigenvalue weighted by atomic mass is 9.73. The van der Waals surface area contributed by atoms with Gasteiger partial charge in [0.1, 0.15) is 0 Å². The van der Waals surface area contributed by atoms with E-state index >= 15 is 0 Å². The minimum absolute atomic E-state index is 0.0192. The van der Waals surface area contributed by atoms with Crippen LogP contribution in [-0.2, 0) is 6.42 Å². The van der Waals surface area contributed by atoms with Crippen LogP contribution in [0.2, 0.25) is 0 Å². The number of benzene rings is 2. The van der Waals surface area contributed by atoms with Gasteiger partial charge in [-0.1, -0.05) is 48.5 Å². The Bertz CT molecular complexity index is 637. The third-order valence-corrected chi connectivity index (χ3v) is 6.09. The molecule has 1 fully saturated rings. The fraction of sp³-hybridized carbons (Fsp3) is 0.429. The van der Waals surface area contributed by atoms with Crippen molar-refractivity contribution in [3.05, 3.63) is 66.2 Å². The first-order chi connectivity index (χ1) is 12.2. The first kappa shape index (κ1) is 18.5. The topological polar surface area (TPSA) is 43.7 Å². The summed E-state index contributed by atoms with van der Waals surface area (Å²) in [6, 6.07) is 20.6. The third kappa shape index (κ3) is 4.85. The maximum atomic E-state index is 10.6. The van der Waals surface area contributed by atoms with E-state index in [2.05, 4.69) is 41.3 Å². The Morgan fingerprint density at radius 3 is 2.40 bits per heavy atom. The molecule has 2 aromatic rings. The van der Waals surface area contributed by atoms with E-state index < -0.39 is 11.5 Å². The van der Waals surface area contributed by atoms with Crippen molar-refractivity contribution in [1.82, 2.24) is 4.90 Å². The minimum atomic E-state index is -0.461. The van der Waals surface area contributed by atoms with E-state index in [4.69, 9.17) is 0 Å². The smallest absolute Gasteiger partial charge is 0.0646 e. The first-order valence-corrected chi connectivity index (χ1v) is 9.93. The highest BCUT2D eigenvalue weighted by molar-refractivity contribution is 7.99. The van der Waals surface area contributed by atoms with Crippen LogP contribution in [0.5, 0.6) is 0 Å². The quantitative estimate of drug-likeness (QED) is 0.748. The maximum Gasteiger partial charge on any atom is 0.0646 e. The Hall–Kier alpha value is -1.33. The van der Waals surface area contributed by atoms with Crippen LogP contribution in [0.3, 0.4) is 0 Å². The average molecular weight is 358 g/mol. The molecule has 1 heterocycles. The van der Waals surface area contributed by atoms with Crippen molar-refractivity contribution < 1.29 is 10.2 Å². The van der Waals surface area contributed by atoms with E-state index in [-0.39, 0.29) is 6.61 Å². The molecular formula is C21H27NO2S. The largest absolute Gasteiger partial charge is 0.396 e. The Morgan fingerprint density at radius 2 is 1.72 bits per heavy atom. The molecule has 0 unspecified atom stereocenters. The predicted octanol–water partition coefficient (Wildman–Crippen LogP) is 3.07. The molecule has 4 heteroatoms. The number of aliphatic hydroxyl groups is 2. The summed E-state index contributed by atoms with van der Waals surface area (Å²) in [7, 11) is 0. The lowest BCUT2D eigenvalue weighted by molar-refractivity contribution is -0.0733. The number of nitrogens with zero attached hydrogens (tertiary/aromatic N) is 1. The summed E-state index contributed by atoms with van der Waals surface area (Å²) in [5.74, 6) is 1.02. The molecular weight excluding hydrogens is 330 g/mol. The van der Waals surface area contributed by atoms with Gasteiger partial charge in [0.05, 0.1) is 12.7 Å². The van der Waals surface area contributed by atoms with E-state index in [9.17, 15) is 10.2 Å². The summed E-state index contributed by atoms with van der Waals surface area (Å²) in [6.45, 7) is 2.64. The summed E-state index contributed by atoms with van der Waals surface area (Å²) >= 11 is 1.86. The van der Waals surface area contributed by atoms with Crippen molar-refractivity contribution in [2.24, 2.45) is 5.41 Å². The zero-order chi connectivity index (χ0) is 17.5. The highest BCUT2D eigenvalue weighted by atomic mass is 32.2. The molecule has 2 atom stereocenters. The van der Waals surface area contributed by atoms with Gasteiger partial charge in [0, 0.05) is 35.7 Å². The zero-order valence-corrected chi connectivity index (χ0v) is 15.4. The van der Waals surface area contributed by atoms with Crippen LogP contribution < -0.4 is 0 Å². The van der Waals surface area contributed by atoms with E-state index in [1.54, 1.807) is 0 Å². The summed E-state index contributed by atoms with van der Waals surface area (Å²) in [5.41, 5.74) is 0.716. The molecule has 1 aliphatic rings. The van der Waals surface area contributed by atoms with Crippen molar-refractivity contribution >= 4 is 11.8 Å². The van der Waals surface area contributed by atoms with Gasteiger partial charge in [-0.15, -0.1) is 11.8 Å². The normalized spacial score (nSPS) is 24.3. The summed E-state index contributed by atoms with van der Waals surface area (Å²) in [4.78, 5) is 3.68. The van der Waals surface area contributed by atoms with Crippen molar-refractivity contribution in [2.75, 3.05) is 32.0 Å². The second-order valence-corrected chi connectivity index (χ2v) is 8.09. The van der Waals surface area contributed by atoms with Gasteiger partial charge >= 0.3 is 0 Å². The van der Waals surface area contributed by atoms with Gasteiger partial charge in [0.2, 0.25) is 0 Å². The first-order valence-electron chi connectivity index (χ1n) is 8.95. The summed E-state index contributed by atoms with van der Waals surface area (Å²) in [6.07, 6.45) is 0.993. The van der Waals surface area contributed by atoms with E-state index in [0.29, 0.717) is 6.42 Å². The van der Waals surface area contributed by atoms with E-state index in [1.807, 2.05) is 36.0 Å². The van der Waals surface area contributed by atoms with Crippen molar-refractivity contribution in [3.8, 4) is 0 Å². The third-order valence-electron chi connectivity index (χ3n) is 5.10. The Morgan fingerprint density at radius 1 is 1.04 bits per heavy atom. The van der Waals surface area contributed by atoms with Gasteiger partial charge < -0.3 is 15.1 Å². The van der Waals surface area contributed by atoms with Gasteiger partial charge in [-0.25, -0.2) is 0 Å². The Labute approximate surface area is 154 Å². The minimum Gasteiger partial charge on any atom is -0.396 e. The van der Waals surface area contributed by atoms with Gasteiger partial charge in [-0.05, 0) is 30.5 Å². The molecule has 3 nitrogen and oxygen atoms in total. The molecule has 2 N–H and O–H groups in total. The number of likely N-dealkylation sites (tertiary alicyclic amines) is 1. The maximum absolute atomic E-state index is 10.6. The van der Waals surface area contributed by atoms with Gasteiger partial charge in [0.25, 0.3) is 0 Å². The number of piperidine rings is 1. The van der Waals surface area contributed by atoms with Gasteiger partial charge in [-0.2, -0.15) is 0 Å². The van der Waals surface area contributed by atoms with Crippen LogP contribution in [0.4, 0.5) is 0 Å². The lowest BCUT2D eigenvalue weighted by Gasteiger charge is -2.45. The van der Waals surface area contributed by atoms with Crippen LogP contribution in [0.15, 0.2) is 65.6 Å². The van der Waals surface area contributed by atoms with Crippen LogP contribution >= 0.6 is 11.8 Å². The zero-order valence-electron chi connectivity index (χ0n) is 14.6. The predicted molar refractivity (Wildman–Crippen MR) is 104 cm³/mol. The van der Waals surface area contributed by atoms with Crippen molar-refractivity contribution in [1.29, 1.82) is 0 Å². The van der Waals surface area contributed by atoms with E-state index in [1.165, 1.54) is 10.5 Å². The molecule has 3 rings (SSSR count). The van der Waals surface area contributed by atoms with Gasteiger partial charge in [-0.3, -0.25) is 0 Å². The number of hydrogen-bond acceptors (Lipinski definition) is 4. The molecule has 0 radical (unpaired) electrons. The molecule has 134 valence electrons. The summed E-state index contributed by atoms with van der Waals surface area (Å²) < 4.78 is 0. The molecule has 2 aromatic carbocycles. The van der Waals surface area contributed by atoms with Crippen molar-refractivity contribution in [3.63, 3.8) is 0 Å². The fourth-order valence-corrected chi connectivity index (χ4v) is 4.56. The van der Waals surface area contributed by atoms with E-state index in [0.717, 1.165) is 31.8 Å². The molecule has 0 amide bonds. The molecule has 25 heavy (non-hydrogen) atoms. The molecule has 1 saturated heterocycles. The summed E-state index contributed by atoms with van der Waals surface area (Å²) in [5, 5.41) is 20.7. The standard InChI is InChI=1S/C21H27NO2S/c23-17-21(15-18-7-3-1-4-8-18)16-22(12-11-20(21)24)13-14-25-19-9-5-2-6-10-19/h1-10,20,23-24H,11-17H2/t20-,21+/m0/s1. The molecule has 0 spiro atoms. The molecule has 0 aromatic heterocycles. The Kier molecular flexibility index (Phi) is 6.54. The number of thioether (sulfide) groups is 1. The molecule has 0 aliphatic carbocycles. The molecule has 0 bridgehead atoms. The highest BCUT2D eigenvalue weighted by Crippen LogP contribution is 2.34. The fourth-order valence-electron chi connectivity index (χ4n) is 3.63. The van der Waals surface area contributed by atoms with Crippen molar-refractivity contribution in [2.45, 2.75) is 23.8 Å². The molecule has 0 saturated carbocycles. The van der Waals surface area contributed by atoms with Crippen LogP contribution in [0.1, 0.15) is 12.0 Å². The number of rotatable bonds is 7.